The van der Waals surface area contributed by atoms with Crippen LogP contribution in [0.2, 0.25) is 0 Å². The summed E-state index contributed by atoms with van der Waals surface area (Å²) >= 11 is 0. The highest BCUT2D eigenvalue weighted by molar-refractivity contribution is 6.31. The van der Waals surface area contributed by atoms with Crippen LogP contribution in [0.5, 0.6) is 0 Å². The molecule has 1 unspecified atom stereocenters. The molecule has 1 atom stereocenters. The smallest absolute Gasteiger partial charge is 0.320 e. The number of carboxylic acids is 1. The molecule has 0 saturated carbocycles. The van der Waals surface area contributed by atoms with Crippen LogP contribution >= 0.6 is 0 Å². The zero-order valence-electron chi connectivity index (χ0n) is 12.9. The molecule has 0 aromatic heterocycles. The van der Waals surface area contributed by atoms with Crippen LogP contribution in [0.3, 0.4) is 0 Å². The molecule has 118 valence electrons. The summed E-state index contributed by atoms with van der Waals surface area (Å²) in [7, 11) is 0. The van der Waals surface area contributed by atoms with Gasteiger partial charge in [-0.2, -0.15) is 0 Å². The molecule has 5 heteroatoms. The first kappa shape index (κ1) is 15.4. The van der Waals surface area contributed by atoms with E-state index in [1.807, 2.05) is 0 Å². The van der Waals surface area contributed by atoms with Gasteiger partial charge in [-0.25, -0.2) is 0 Å². The van der Waals surface area contributed by atoms with Crippen molar-refractivity contribution in [3.05, 3.63) is 47.0 Å². The number of hydrogen-bond donors (Lipinski definition) is 2. The second-order valence-corrected chi connectivity index (χ2v) is 6.43. The Morgan fingerprint density at radius 3 is 2.35 bits per heavy atom. The quantitative estimate of drug-likeness (QED) is 0.847. The van der Waals surface area contributed by atoms with Gasteiger partial charge in [-0.1, -0.05) is 30.3 Å². The van der Waals surface area contributed by atoms with E-state index in [1.165, 1.54) is 0 Å². The monoisotopic (exact) mass is 311 g/mol. The number of benzene rings is 2. The van der Waals surface area contributed by atoms with E-state index < -0.39 is 17.4 Å². The summed E-state index contributed by atoms with van der Waals surface area (Å²) in [5.41, 5.74) is 6.28. The molecule has 0 spiro atoms. The van der Waals surface area contributed by atoms with E-state index in [2.05, 4.69) is 0 Å². The molecule has 3 rings (SSSR count). The lowest BCUT2D eigenvalue weighted by Gasteiger charge is -2.29. The van der Waals surface area contributed by atoms with E-state index in [0.717, 1.165) is 5.56 Å². The van der Waals surface area contributed by atoms with Crippen LogP contribution in [-0.4, -0.2) is 28.7 Å². The molecule has 1 aliphatic rings. The van der Waals surface area contributed by atoms with Crippen LogP contribution in [0.15, 0.2) is 30.3 Å². The highest BCUT2D eigenvalue weighted by Gasteiger charge is 2.42. The zero-order chi connectivity index (χ0) is 16.9. The lowest BCUT2D eigenvalue weighted by Crippen LogP contribution is -2.37. The fourth-order valence-electron chi connectivity index (χ4n) is 3.12. The van der Waals surface area contributed by atoms with Gasteiger partial charge >= 0.3 is 5.97 Å². The molecular weight excluding hydrogens is 294 g/mol. The minimum atomic E-state index is -1.08. The van der Waals surface area contributed by atoms with Crippen molar-refractivity contribution in [2.45, 2.75) is 26.3 Å². The Labute approximate surface area is 133 Å². The van der Waals surface area contributed by atoms with Gasteiger partial charge < -0.3 is 10.8 Å². The second kappa shape index (κ2) is 4.99. The predicted octanol–water partition coefficient (Wildman–Crippen LogP) is 2.20. The first-order valence-corrected chi connectivity index (χ1v) is 7.37. The van der Waals surface area contributed by atoms with E-state index in [-0.39, 0.29) is 18.0 Å². The van der Waals surface area contributed by atoms with Gasteiger partial charge in [0.15, 0.2) is 11.6 Å². The molecule has 5 nitrogen and oxygen atoms in total. The third-order valence-electron chi connectivity index (χ3n) is 4.51. The van der Waals surface area contributed by atoms with Gasteiger partial charge in [0.25, 0.3) is 0 Å². The Bertz CT molecular complexity index is 842. The van der Waals surface area contributed by atoms with E-state index in [4.69, 9.17) is 10.8 Å². The topological polar surface area (TPSA) is 97.5 Å². The van der Waals surface area contributed by atoms with Crippen molar-refractivity contribution in [1.29, 1.82) is 0 Å². The number of rotatable bonds is 3. The standard InChI is InChI=1S/C18H17NO4/c1-18(2)15(20)11-5-3-4-10-9(8-13(19)17(22)23)6-7-12(14(10)11)16(18)21/h3-7,13H,8,19H2,1-2H3,(H,22,23). The fourth-order valence-corrected chi connectivity index (χ4v) is 3.12. The summed E-state index contributed by atoms with van der Waals surface area (Å²) in [6.07, 6.45) is 0.140. The van der Waals surface area contributed by atoms with Crippen LogP contribution < -0.4 is 5.73 Å². The third kappa shape index (κ3) is 2.16. The molecule has 0 heterocycles. The first-order valence-electron chi connectivity index (χ1n) is 7.37. The summed E-state index contributed by atoms with van der Waals surface area (Å²) in [6.45, 7) is 3.27. The maximum Gasteiger partial charge on any atom is 0.320 e. The molecule has 2 aromatic rings. The lowest BCUT2D eigenvalue weighted by molar-refractivity contribution is -0.138. The Balaban J connectivity index is 2.27. The molecule has 3 N–H and O–H groups in total. The molecule has 0 bridgehead atoms. The number of carbonyl (C=O) groups is 3. The summed E-state index contributed by atoms with van der Waals surface area (Å²) < 4.78 is 0. The average Bonchev–Trinajstić information content (AvgIpc) is 2.51. The fraction of sp³-hybridized carbons (Fsp3) is 0.278. The number of Topliss-reactive ketones (excluding diaryl/α,β-unsaturated/α-hetero) is 2. The van der Waals surface area contributed by atoms with Gasteiger partial charge in [-0.15, -0.1) is 0 Å². The summed E-state index contributed by atoms with van der Waals surface area (Å²) in [4.78, 5) is 36.3. The lowest BCUT2D eigenvalue weighted by atomic mass is 9.70. The SMILES string of the molecule is CC1(C)C(=O)c2cccc3c(CC(N)C(=O)O)ccc(c23)C1=O. The van der Waals surface area contributed by atoms with Crippen LogP contribution in [0.25, 0.3) is 10.8 Å². The maximum atomic E-state index is 12.6. The van der Waals surface area contributed by atoms with E-state index in [0.29, 0.717) is 21.9 Å². The van der Waals surface area contributed by atoms with Crippen molar-refractivity contribution in [2.24, 2.45) is 11.1 Å². The van der Waals surface area contributed by atoms with E-state index in [1.54, 1.807) is 44.2 Å². The number of ketones is 2. The van der Waals surface area contributed by atoms with Gasteiger partial charge in [0, 0.05) is 16.5 Å². The van der Waals surface area contributed by atoms with Gasteiger partial charge in [0.05, 0.1) is 5.41 Å². The number of aliphatic carboxylic acids is 1. The molecule has 0 aliphatic heterocycles. The molecular formula is C18H17NO4. The van der Waals surface area contributed by atoms with Crippen LogP contribution in [0.1, 0.15) is 40.1 Å². The summed E-state index contributed by atoms with van der Waals surface area (Å²) in [6, 6.07) is 7.63. The summed E-state index contributed by atoms with van der Waals surface area (Å²) in [5, 5.41) is 10.3. The van der Waals surface area contributed by atoms with Gasteiger partial charge in [-0.3, -0.25) is 14.4 Å². The molecule has 0 fully saturated rings. The van der Waals surface area contributed by atoms with Crippen LogP contribution in [-0.2, 0) is 11.2 Å². The number of nitrogens with two attached hydrogens (primary N) is 1. The van der Waals surface area contributed by atoms with Crippen molar-refractivity contribution >= 4 is 28.3 Å². The Morgan fingerprint density at radius 1 is 1.13 bits per heavy atom. The average molecular weight is 311 g/mol. The highest BCUT2D eigenvalue weighted by atomic mass is 16.4. The first-order chi connectivity index (χ1) is 10.7. The minimum absolute atomic E-state index is 0.140. The minimum Gasteiger partial charge on any atom is -0.480 e. The van der Waals surface area contributed by atoms with E-state index in [9.17, 15) is 14.4 Å². The largest absolute Gasteiger partial charge is 0.480 e. The molecule has 0 saturated heterocycles. The normalized spacial score (nSPS) is 17.3. The number of carbonyl (C=O) groups excluding carboxylic acids is 2. The van der Waals surface area contributed by atoms with Crippen molar-refractivity contribution in [3.63, 3.8) is 0 Å². The Morgan fingerprint density at radius 2 is 1.74 bits per heavy atom. The Kier molecular flexibility index (Phi) is 3.34. The molecule has 2 aromatic carbocycles. The van der Waals surface area contributed by atoms with Gasteiger partial charge in [-0.05, 0) is 31.2 Å². The van der Waals surface area contributed by atoms with Crippen LogP contribution in [0.4, 0.5) is 0 Å². The van der Waals surface area contributed by atoms with Crippen molar-refractivity contribution in [3.8, 4) is 0 Å². The van der Waals surface area contributed by atoms with E-state index >= 15 is 0 Å². The highest BCUT2D eigenvalue weighted by Crippen LogP contribution is 2.39. The molecule has 0 radical (unpaired) electrons. The third-order valence-corrected chi connectivity index (χ3v) is 4.51. The predicted molar refractivity (Wildman–Crippen MR) is 85.7 cm³/mol. The Hall–Kier alpha value is -2.53. The zero-order valence-corrected chi connectivity index (χ0v) is 12.9. The maximum absolute atomic E-state index is 12.6. The molecule has 23 heavy (non-hydrogen) atoms. The second-order valence-electron chi connectivity index (χ2n) is 6.43. The number of hydrogen-bond acceptors (Lipinski definition) is 4. The van der Waals surface area contributed by atoms with Crippen LogP contribution in [0, 0.1) is 5.41 Å². The van der Waals surface area contributed by atoms with Crippen molar-refractivity contribution in [2.75, 3.05) is 0 Å². The van der Waals surface area contributed by atoms with Gasteiger partial charge in [0.2, 0.25) is 0 Å². The van der Waals surface area contributed by atoms with Crippen molar-refractivity contribution < 1.29 is 19.5 Å². The van der Waals surface area contributed by atoms with Crippen molar-refractivity contribution in [1.82, 2.24) is 0 Å². The molecule has 0 amide bonds. The summed E-state index contributed by atoms with van der Waals surface area (Å²) in [5.74, 6) is -1.50. The van der Waals surface area contributed by atoms with Gasteiger partial charge in [0.1, 0.15) is 6.04 Å². The molecule has 1 aliphatic carbocycles. The number of carboxylic acid groups (broad SMARTS) is 1.